The SMILES string of the molecule is CCOc1cc(/C=N/NC(=O)c2ccc(COc3ccc(-n4c(C)ccc4C)cc3)o2)cc(I)c1OCc1ccc(Br)cc1. The summed E-state index contributed by atoms with van der Waals surface area (Å²) >= 11 is 5.65. The van der Waals surface area contributed by atoms with Crippen molar-refractivity contribution in [1.82, 2.24) is 9.99 Å². The van der Waals surface area contributed by atoms with Gasteiger partial charge in [-0.2, -0.15) is 5.10 Å². The number of rotatable bonds is 12. The summed E-state index contributed by atoms with van der Waals surface area (Å²) in [5.41, 5.74) is 7.71. The van der Waals surface area contributed by atoms with Gasteiger partial charge in [0.15, 0.2) is 17.3 Å². The maximum absolute atomic E-state index is 12.6. The smallest absolute Gasteiger partial charge is 0.307 e. The van der Waals surface area contributed by atoms with Gasteiger partial charge >= 0.3 is 5.91 Å². The Balaban J connectivity index is 1.15. The standard InChI is InChI=1S/C34H31BrIN3O5/c1-4-41-32-18-25(17-30(36)33(32)43-20-24-7-9-26(35)10-8-24)19-37-38-34(40)31-16-15-29(44-31)21-42-28-13-11-27(12-14-28)39-22(2)5-6-23(39)3/h5-19H,4,20-21H2,1-3H3,(H,38,40)/b37-19+. The maximum Gasteiger partial charge on any atom is 0.307 e. The van der Waals surface area contributed by atoms with Crippen LogP contribution in [-0.4, -0.2) is 23.3 Å². The van der Waals surface area contributed by atoms with Gasteiger partial charge in [0, 0.05) is 21.5 Å². The molecule has 0 atom stereocenters. The van der Waals surface area contributed by atoms with E-state index in [1.165, 1.54) is 11.4 Å². The minimum atomic E-state index is -0.469. The van der Waals surface area contributed by atoms with Gasteiger partial charge in [-0.05, 0) is 127 Å². The number of carbonyl (C=O) groups excluding carboxylic acids is 1. The summed E-state index contributed by atoms with van der Waals surface area (Å²) in [5.74, 6) is 2.15. The van der Waals surface area contributed by atoms with Crippen molar-refractivity contribution in [2.75, 3.05) is 6.61 Å². The third-order valence-electron chi connectivity index (χ3n) is 6.64. The molecular formula is C34H31BrIN3O5. The Bertz CT molecular complexity index is 1740. The van der Waals surface area contributed by atoms with Gasteiger partial charge < -0.3 is 23.2 Å². The average molecular weight is 768 g/mol. The molecule has 8 nitrogen and oxygen atoms in total. The van der Waals surface area contributed by atoms with E-state index >= 15 is 0 Å². The van der Waals surface area contributed by atoms with Crippen LogP contribution in [0.4, 0.5) is 0 Å². The lowest BCUT2D eigenvalue weighted by Crippen LogP contribution is -2.16. The maximum atomic E-state index is 12.6. The Kier molecular flexibility index (Phi) is 10.4. The van der Waals surface area contributed by atoms with E-state index < -0.39 is 5.91 Å². The number of hydrazone groups is 1. The van der Waals surface area contributed by atoms with E-state index in [2.05, 4.69) is 79.6 Å². The zero-order valence-electron chi connectivity index (χ0n) is 24.5. The van der Waals surface area contributed by atoms with E-state index in [0.717, 1.165) is 24.9 Å². The third-order valence-corrected chi connectivity index (χ3v) is 7.97. The van der Waals surface area contributed by atoms with Crippen molar-refractivity contribution in [3.63, 3.8) is 0 Å². The molecule has 10 heteroatoms. The van der Waals surface area contributed by atoms with Gasteiger partial charge in [-0.25, -0.2) is 5.43 Å². The number of ether oxygens (including phenoxy) is 3. The second-order valence-electron chi connectivity index (χ2n) is 9.88. The van der Waals surface area contributed by atoms with Crippen molar-refractivity contribution in [3.8, 4) is 22.9 Å². The molecule has 0 radical (unpaired) electrons. The number of benzene rings is 3. The number of nitrogens with zero attached hydrogens (tertiary/aromatic N) is 2. The normalized spacial score (nSPS) is 11.1. The van der Waals surface area contributed by atoms with Crippen molar-refractivity contribution in [3.05, 3.63) is 127 Å². The molecule has 1 amide bonds. The van der Waals surface area contributed by atoms with Crippen LogP contribution in [-0.2, 0) is 13.2 Å². The third kappa shape index (κ3) is 7.92. The van der Waals surface area contributed by atoms with Crippen LogP contribution in [0.15, 0.2) is 98.9 Å². The molecule has 3 aromatic carbocycles. The van der Waals surface area contributed by atoms with Crippen molar-refractivity contribution in [1.29, 1.82) is 0 Å². The molecule has 0 saturated heterocycles. The summed E-state index contributed by atoms with van der Waals surface area (Å²) in [6.07, 6.45) is 1.55. The quantitative estimate of drug-likeness (QED) is 0.0784. The fourth-order valence-electron chi connectivity index (χ4n) is 4.52. The Morgan fingerprint density at radius 2 is 1.66 bits per heavy atom. The lowest BCUT2D eigenvalue weighted by molar-refractivity contribution is 0.0923. The molecule has 44 heavy (non-hydrogen) atoms. The number of amides is 1. The average Bonchev–Trinajstić information content (AvgIpc) is 3.63. The molecule has 0 saturated carbocycles. The molecule has 5 rings (SSSR count). The summed E-state index contributed by atoms with van der Waals surface area (Å²) in [5, 5.41) is 4.11. The van der Waals surface area contributed by atoms with Crippen LogP contribution in [0, 0.1) is 17.4 Å². The van der Waals surface area contributed by atoms with Gasteiger partial charge in [0.2, 0.25) is 0 Å². The number of carbonyl (C=O) groups is 1. The van der Waals surface area contributed by atoms with Crippen LogP contribution in [0.25, 0.3) is 5.69 Å². The Morgan fingerprint density at radius 3 is 2.36 bits per heavy atom. The Hall–Kier alpha value is -4.03. The topological polar surface area (TPSA) is 87.2 Å². The zero-order valence-corrected chi connectivity index (χ0v) is 28.2. The first-order chi connectivity index (χ1) is 21.3. The van der Waals surface area contributed by atoms with Crippen molar-refractivity contribution >= 4 is 50.6 Å². The molecule has 226 valence electrons. The number of furan rings is 1. The van der Waals surface area contributed by atoms with Gasteiger partial charge in [0.05, 0.1) is 16.4 Å². The summed E-state index contributed by atoms with van der Waals surface area (Å²) in [6, 6.07) is 27.0. The van der Waals surface area contributed by atoms with Gasteiger partial charge in [-0.3, -0.25) is 4.79 Å². The highest BCUT2D eigenvalue weighted by Crippen LogP contribution is 2.34. The van der Waals surface area contributed by atoms with Gasteiger partial charge in [0.25, 0.3) is 0 Å². The molecule has 1 N–H and O–H groups in total. The van der Waals surface area contributed by atoms with Crippen LogP contribution < -0.4 is 19.6 Å². The first kappa shape index (κ1) is 31.4. The summed E-state index contributed by atoms with van der Waals surface area (Å²) in [7, 11) is 0. The summed E-state index contributed by atoms with van der Waals surface area (Å²) < 4.78 is 27.5. The van der Waals surface area contributed by atoms with E-state index in [0.29, 0.717) is 36.2 Å². The van der Waals surface area contributed by atoms with Crippen molar-refractivity contribution in [2.24, 2.45) is 5.10 Å². The van der Waals surface area contributed by atoms with Crippen LogP contribution in [0.2, 0.25) is 0 Å². The molecule has 0 aliphatic carbocycles. The molecular weight excluding hydrogens is 737 g/mol. The predicted octanol–water partition coefficient (Wildman–Crippen LogP) is 8.37. The molecule has 0 fully saturated rings. The number of aryl methyl sites for hydroxylation is 2. The predicted molar refractivity (Wildman–Crippen MR) is 182 cm³/mol. The van der Waals surface area contributed by atoms with Crippen LogP contribution in [0.3, 0.4) is 0 Å². The number of halogens is 2. The van der Waals surface area contributed by atoms with Crippen LogP contribution in [0.1, 0.15) is 45.8 Å². The van der Waals surface area contributed by atoms with E-state index in [-0.39, 0.29) is 12.4 Å². The number of hydrogen-bond donors (Lipinski definition) is 1. The second kappa shape index (κ2) is 14.6. The van der Waals surface area contributed by atoms with Crippen LogP contribution in [0.5, 0.6) is 17.2 Å². The van der Waals surface area contributed by atoms with E-state index in [9.17, 15) is 4.79 Å². The molecule has 0 bridgehead atoms. The number of hydrogen-bond acceptors (Lipinski definition) is 6. The van der Waals surface area contributed by atoms with Crippen molar-refractivity contribution < 1.29 is 23.4 Å². The number of nitrogens with one attached hydrogen (secondary N) is 1. The highest BCUT2D eigenvalue weighted by atomic mass is 127. The van der Waals surface area contributed by atoms with Crippen LogP contribution >= 0.6 is 38.5 Å². The highest BCUT2D eigenvalue weighted by molar-refractivity contribution is 14.1. The zero-order chi connectivity index (χ0) is 31.1. The second-order valence-corrected chi connectivity index (χ2v) is 12.0. The molecule has 0 aliphatic rings. The molecule has 5 aromatic rings. The van der Waals surface area contributed by atoms with E-state index in [1.54, 1.807) is 18.3 Å². The minimum absolute atomic E-state index is 0.135. The van der Waals surface area contributed by atoms with Crippen molar-refractivity contribution in [2.45, 2.75) is 34.0 Å². The lowest BCUT2D eigenvalue weighted by Gasteiger charge is -2.14. The van der Waals surface area contributed by atoms with E-state index in [4.69, 9.17) is 18.6 Å². The summed E-state index contributed by atoms with van der Waals surface area (Å²) in [6.45, 7) is 7.14. The molecule has 0 unspecified atom stereocenters. The summed E-state index contributed by atoms with van der Waals surface area (Å²) in [4.78, 5) is 12.6. The minimum Gasteiger partial charge on any atom is -0.490 e. The van der Waals surface area contributed by atoms with Gasteiger partial charge in [0.1, 0.15) is 24.7 Å². The monoisotopic (exact) mass is 767 g/mol. The Morgan fingerprint density at radius 1 is 0.932 bits per heavy atom. The molecule has 2 aromatic heterocycles. The highest BCUT2D eigenvalue weighted by Gasteiger charge is 2.14. The van der Waals surface area contributed by atoms with E-state index in [1.807, 2.05) is 67.6 Å². The molecule has 2 heterocycles. The molecule has 0 aliphatic heterocycles. The first-order valence-electron chi connectivity index (χ1n) is 13.9. The fourth-order valence-corrected chi connectivity index (χ4v) is 5.57. The first-order valence-corrected chi connectivity index (χ1v) is 15.8. The Labute approximate surface area is 278 Å². The molecule has 0 spiro atoms. The largest absolute Gasteiger partial charge is 0.490 e. The number of aromatic nitrogens is 1. The lowest BCUT2D eigenvalue weighted by atomic mass is 10.2. The van der Waals surface area contributed by atoms with Gasteiger partial charge in [-0.15, -0.1) is 0 Å². The fraction of sp³-hybridized carbons (Fsp3) is 0.176. The van der Waals surface area contributed by atoms with Gasteiger partial charge in [-0.1, -0.05) is 28.1 Å².